The molecule has 0 aromatic heterocycles. The molecule has 0 atom stereocenters. The van der Waals surface area contributed by atoms with Gasteiger partial charge in [0.1, 0.15) is 11.5 Å². The molecular formula is C22H31IN4O3. The van der Waals surface area contributed by atoms with Gasteiger partial charge in [-0.3, -0.25) is 4.79 Å². The molecule has 0 aliphatic carbocycles. The van der Waals surface area contributed by atoms with E-state index in [4.69, 9.17) is 9.47 Å². The van der Waals surface area contributed by atoms with Crippen molar-refractivity contribution >= 4 is 35.8 Å². The number of rotatable bonds is 9. The lowest BCUT2D eigenvalue weighted by Gasteiger charge is -2.13. The van der Waals surface area contributed by atoms with Gasteiger partial charge in [-0.1, -0.05) is 17.7 Å². The van der Waals surface area contributed by atoms with Gasteiger partial charge in [0.25, 0.3) is 5.91 Å². The molecule has 2 rings (SSSR count). The molecule has 164 valence electrons. The Kier molecular flexibility index (Phi) is 11.7. The highest BCUT2D eigenvalue weighted by Gasteiger charge is 2.07. The number of hydrogen-bond donors (Lipinski definition) is 3. The summed E-state index contributed by atoms with van der Waals surface area (Å²) in [5, 5.41) is 9.34. The smallest absolute Gasteiger partial charge is 0.251 e. The predicted octanol–water partition coefficient (Wildman–Crippen LogP) is 3.12. The number of guanidine groups is 1. The number of hydrogen-bond acceptors (Lipinski definition) is 4. The molecule has 0 aliphatic rings. The Bertz CT molecular complexity index is 843. The van der Waals surface area contributed by atoms with Gasteiger partial charge in [-0.15, -0.1) is 24.0 Å². The second-order valence-corrected chi connectivity index (χ2v) is 6.43. The Morgan fingerprint density at radius 3 is 2.43 bits per heavy atom. The van der Waals surface area contributed by atoms with Gasteiger partial charge in [0, 0.05) is 36.8 Å². The minimum atomic E-state index is -0.0830. The van der Waals surface area contributed by atoms with Crippen molar-refractivity contribution in [3.05, 3.63) is 59.2 Å². The molecule has 0 saturated carbocycles. The monoisotopic (exact) mass is 526 g/mol. The summed E-state index contributed by atoms with van der Waals surface area (Å²) in [6.45, 7) is 6.21. The van der Waals surface area contributed by atoms with Crippen LogP contribution in [0.3, 0.4) is 0 Å². The van der Waals surface area contributed by atoms with Crippen LogP contribution in [0.4, 0.5) is 0 Å². The maximum absolute atomic E-state index is 12.2. The minimum Gasteiger partial charge on any atom is -0.497 e. The van der Waals surface area contributed by atoms with E-state index in [2.05, 4.69) is 20.9 Å². The first kappa shape index (κ1) is 25.5. The van der Waals surface area contributed by atoms with Crippen molar-refractivity contribution in [3.63, 3.8) is 0 Å². The number of carbonyl (C=O) groups excluding carboxylic acids is 1. The molecule has 0 heterocycles. The number of aryl methyl sites for hydroxylation is 1. The second kappa shape index (κ2) is 13.7. The van der Waals surface area contributed by atoms with E-state index in [-0.39, 0.29) is 29.9 Å². The third-order valence-electron chi connectivity index (χ3n) is 4.23. The van der Waals surface area contributed by atoms with Crippen LogP contribution in [0.1, 0.15) is 28.4 Å². The van der Waals surface area contributed by atoms with Crippen LogP contribution in [0.25, 0.3) is 0 Å². The number of carbonyl (C=O) groups is 1. The summed E-state index contributed by atoms with van der Waals surface area (Å²) >= 11 is 0. The molecule has 0 saturated heterocycles. The molecule has 30 heavy (non-hydrogen) atoms. The Balaban J connectivity index is 0.00000450. The van der Waals surface area contributed by atoms with Gasteiger partial charge < -0.3 is 25.4 Å². The maximum atomic E-state index is 12.2. The first-order valence-corrected chi connectivity index (χ1v) is 9.65. The molecule has 0 fully saturated rings. The van der Waals surface area contributed by atoms with Crippen molar-refractivity contribution in [3.8, 4) is 11.5 Å². The lowest BCUT2D eigenvalue weighted by atomic mass is 10.1. The zero-order valence-electron chi connectivity index (χ0n) is 18.0. The van der Waals surface area contributed by atoms with E-state index in [1.165, 1.54) is 0 Å². The number of halogens is 1. The van der Waals surface area contributed by atoms with Crippen LogP contribution in [-0.4, -0.2) is 45.7 Å². The van der Waals surface area contributed by atoms with Gasteiger partial charge in [0.2, 0.25) is 0 Å². The van der Waals surface area contributed by atoms with Crippen molar-refractivity contribution in [2.75, 3.05) is 33.9 Å². The molecule has 7 nitrogen and oxygen atoms in total. The predicted molar refractivity (Wildman–Crippen MR) is 131 cm³/mol. The topological polar surface area (TPSA) is 84.0 Å². The lowest BCUT2D eigenvalue weighted by molar-refractivity contribution is 0.0954. The third kappa shape index (κ3) is 8.10. The van der Waals surface area contributed by atoms with Crippen molar-refractivity contribution in [1.29, 1.82) is 0 Å². The average molecular weight is 526 g/mol. The zero-order chi connectivity index (χ0) is 21.1. The summed E-state index contributed by atoms with van der Waals surface area (Å²) in [6, 6.07) is 13.2. The molecule has 1 amide bonds. The average Bonchev–Trinajstić information content (AvgIpc) is 2.74. The summed E-state index contributed by atoms with van der Waals surface area (Å²) < 4.78 is 10.6. The number of nitrogens with zero attached hydrogens (tertiary/aromatic N) is 1. The molecule has 0 aliphatic heterocycles. The van der Waals surface area contributed by atoms with Crippen LogP contribution < -0.4 is 25.4 Å². The number of nitrogens with one attached hydrogen (secondary N) is 3. The Hall–Kier alpha value is -2.49. The van der Waals surface area contributed by atoms with E-state index in [0.717, 1.165) is 29.2 Å². The van der Waals surface area contributed by atoms with E-state index >= 15 is 0 Å². The summed E-state index contributed by atoms with van der Waals surface area (Å²) in [5.74, 6) is 2.06. The highest BCUT2D eigenvalue weighted by Crippen LogP contribution is 2.25. The molecule has 0 radical (unpaired) electrons. The first-order chi connectivity index (χ1) is 14.1. The molecule has 0 unspecified atom stereocenters. The number of amides is 1. The fourth-order valence-corrected chi connectivity index (χ4v) is 2.73. The molecular weight excluding hydrogens is 495 g/mol. The fraction of sp³-hybridized carbons (Fsp3) is 0.364. The van der Waals surface area contributed by atoms with Crippen molar-refractivity contribution in [2.45, 2.75) is 20.4 Å². The molecule has 2 aromatic rings. The molecule has 2 aromatic carbocycles. The van der Waals surface area contributed by atoms with Gasteiger partial charge in [-0.25, -0.2) is 4.99 Å². The Morgan fingerprint density at radius 2 is 1.77 bits per heavy atom. The second-order valence-electron chi connectivity index (χ2n) is 6.43. The van der Waals surface area contributed by atoms with Crippen LogP contribution in [0.5, 0.6) is 11.5 Å². The van der Waals surface area contributed by atoms with Crippen molar-refractivity contribution in [2.24, 2.45) is 4.99 Å². The molecule has 3 N–H and O–H groups in total. The highest BCUT2D eigenvalue weighted by atomic mass is 127. The lowest BCUT2D eigenvalue weighted by Crippen LogP contribution is -2.41. The minimum absolute atomic E-state index is 0. The summed E-state index contributed by atoms with van der Waals surface area (Å²) in [5.41, 5.74) is 2.68. The molecule has 0 spiro atoms. The SMILES string of the molecule is CCNC(=NCc1ccc(OC)cc1OC)NCCNC(=O)c1cccc(C)c1.I. The van der Waals surface area contributed by atoms with E-state index in [1.807, 2.05) is 56.3 Å². The van der Waals surface area contributed by atoms with Crippen molar-refractivity contribution in [1.82, 2.24) is 16.0 Å². The summed E-state index contributed by atoms with van der Waals surface area (Å²) in [7, 11) is 3.25. The quantitative estimate of drug-likeness (QED) is 0.203. The van der Waals surface area contributed by atoms with E-state index in [0.29, 0.717) is 31.2 Å². The molecule has 0 bridgehead atoms. The van der Waals surface area contributed by atoms with Gasteiger partial charge in [-0.2, -0.15) is 0 Å². The zero-order valence-corrected chi connectivity index (χ0v) is 20.3. The van der Waals surface area contributed by atoms with E-state index in [9.17, 15) is 4.79 Å². The number of benzene rings is 2. The fourth-order valence-electron chi connectivity index (χ4n) is 2.73. The molecule has 8 heteroatoms. The van der Waals surface area contributed by atoms with Crippen LogP contribution in [0, 0.1) is 6.92 Å². The number of methoxy groups -OCH3 is 2. The summed E-state index contributed by atoms with van der Waals surface area (Å²) in [6.07, 6.45) is 0. The van der Waals surface area contributed by atoms with Crippen LogP contribution in [0.15, 0.2) is 47.5 Å². The van der Waals surface area contributed by atoms with E-state index < -0.39 is 0 Å². The van der Waals surface area contributed by atoms with Gasteiger partial charge in [0.15, 0.2) is 5.96 Å². The Morgan fingerprint density at radius 1 is 1.00 bits per heavy atom. The van der Waals surface area contributed by atoms with Crippen molar-refractivity contribution < 1.29 is 14.3 Å². The first-order valence-electron chi connectivity index (χ1n) is 9.65. The van der Waals surface area contributed by atoms with E-state index in [1.54, 1.807) is 14.2 Å². The van der Waals surface area contributed by atoms with Gasteiger partial charge in [0.05, 0.1) is 20.8 Å². The normalized spacial score (nSPS) is 10.6. The van der Waals surface area contributed by atoms with Crippen LogP contribution in [-0.2, 0) is 6.54 Å². The Labute approximate surface area is 195 Å². The van der Waals surface area contributed by atoms with Crippen LogP contribution >= 0.6 is 24.0 Å². The van der Waals surface area contributed by atoms with Crippen LogP contribution in [0.2, 0.25) is 0 Å². The number of ether oxygens (including phenoxy) is 2. The number of aliphatic imine (C=N–C) groups is 1. The van der Waals surface area contributed by atoms with Gasteiger partial charge >= 0.3 is 0 Å². The standard InChI is InChI=1S/C22H30N4O3.HI/c1-5-23-22(26-15-18-9-10-19(28-3)14-20(18)29-4)25-12-11-24-21(27)17-8-6-7-16(2)13-17;/h6-10,13-14H,5,11-12,15H2,1-4H3,(H,24,27)(H2,23,25,26);1H. The highest BCUT2D eigenvalue weighted by molar-refractivity contribution is 14.0. The summed E-state index contributed by atoms with van der Waals surface area (Å²) in [4.78, 5) is 16.8. The largest absolute Gasteiger partial charge is 0.497 e. The third-order valence-corrected chi connectivity index (χ3v) is 4.23. The maximum Gasteiger partial charge on any atom is 0.251 e. The van der Waals surface area contributed by atoms with Gasteiger partial charge in [-0.05, 0) is 38.1 Å².